The van der Waals surface area contributed by atoms with Gasteiger partial charge in [0.15, 0.2) is 0 Å². The summed E-state index contributed by atoms with van der Waals surface area (Å²) in [7, 11) is 0. The molecule has 0 fully saturated rings. The van der Waals surface area contributed by atoms with Crippen molar-refractivity contribution in [2.45, 2.75) is 32.7 Å². The van der Waals surface area contributed by atoms with Crippen LogP contribution in [0.25, 0.3) is 0 Å². The van der Waals surface area contributed by atoms with Gasteiger partial charge in [0, 0.05) is 17.7 Å². The zero-order chi connectivity index (χ0) is 11.2. The first kappa shape index (κ1) is 13.1. The summed E-state index contributed by atoms with van der Waals surface area (Å²) in [4.78, 5) is 10.4. The van der Waals surface area contributed by atoms with Crippen LogP contribution in [-0.4, -0.2) is 34.9 Å². The Morgan fingerprint density at radius 2 is 2.14 bits per heavy atom. The third-order valence-corrected chi connectivity index (χ3v) is 2.40. The van der Waals surface area contributed by atoms with Crippen LogP contribution in [-0.2, 0) is 4.79 Å². The third kappa shape index (κ3) is 4.39. The van der Waals surface area contributed by atoms with Gasteiger partial charge in [0.25, 0.3) is 0 Å². The molecule has 0 heterocycles. The number of hydrogen-bond donors (Lipinski definition) is 3. The molecule has 14 heavy (non-hydrogen) atoms. The van der Waals surface area contributed by atoms with Gasteiger partial charge in [0.05, 0.1) is 6.61 Å². The standard InChI is InChI=1S/C10H19NO3/c1-4-10(3,7-12)11-6-5-8(2)9(13)14/h5,11-12H,4,6-7H2,1-3H3,(H,13,14)/b8-5-. The first-order valence-electron chi connectivity index (χ1n) is 4.71. The molecule has 0 radical (unpaired) electrons. The van der Waals surface area contributed by atoms with E-state index in [1.807, 2.05) is 13.8 Å². The molecule has 0 aliphatic heterocycles. The minimum absolute atomic E-state index is 0.0451. The number of carbonyl (C=O) groups is 1. The molecule has 0 saturated carbocycles. The molecule has 0 aromatic rings. The SMILES string of the molecule is CCC(C)(CO)NC/C=C(/C)C(=O)O. The minimum Gasteiger partial charge on any atom is -0.478 e. The summed E-state index contributed by atoms with van der Waals surface area (Å²) in [6.45, 7) is 5.92. The summed E-state index contributed by atoms with van der Waals surface area (Å²) in [5, 5.41) is 20.7. The molecule has 0 amide bonds. The molecule has 0 aliphatic rings. The van der Waals surface area contributed by atoms with E-state index >= 15 is 0 Å². The average molecular weight is 201 g/mol. The molecule has 4 heteroatoms. The van der Waals surface area contributed by atoms with E-state index in [2.05, 4.69) is 5.32 Å². The zero-order valence-corrected chi connectivity index (χ0v) is 9.00. The van der Waals surface area contributed by atoms with Crippen LogP contribution in [0.5, 0.6) is 0 Å². The van der Waals surface area contributed by atoms with Crippen molar-refractivity contribution in [2.75, 3.05) is 13.2 Å². The number of carboxylic acids is 1. The first-order valence-corrected chi connectivity index (χ1v) is 4.71. The molecule has 0 aliphatic carbocycles. The Morgan fingerprint density at radius 1 is 1.57 bits per heavy atom. The summed E-state index contributed by atoms with van der Waals surface area (Å²) in [5.41, 5.74) is -0.0103. The molecule has 0 rings (SSSR count). The second kappa shape index (κ2) is 5.78. The average Bonchev–Trinajstić information content (AvgIpc) is 2.17. The summed E-state index contributed by atoms with van der Waals surface area (Å²) in [5.74, 6) is -0.908. The van der Waals surface area contributed by atoms with E-state index in [0.29, 0.717) is 12.1 Å². The lowest BCUT2D eigenvalue weighted by Gasteiger charge is -2.26. The molecule has 0 aromatic heterocycles. The van der Waals surface area contributed by atoms with E-state index in [4.69, 9.17) is 10.2 Å². The van der Waals surface area contributed by atoms with Crippen LogP contribution in [0.4, 0.5) is 0 Å². The number of hydrogen-bond acceptors (Lipinski definition) is 3. The molecular weight excluding hydrogens is 182 g/mol. The van der Waals surface area contributed by atoms with Crippen molar-refractivity contribution >= 4 is 5.97 Å². The predicted molar refractivity (Wildman–Crippen MR) is 55.2 cm³/mol. The molecule has 0 aromatic carbocycles. The van der Waals surface area contributed by atoms with Crippen LogP contribution < -0.4 is 5.32 Å². The van der Waals surface area contributed by atoms with Gasteiger partial charge < -0.3 is 15.5 Å². The van der Waals surface area contributed by atoms with Crippen LogP contribution in [0.15, 0.2) is 11.6 Å². The molecule has 82 valence electrons. The van der Waals surface area contributed by atoms with Gasteiger partial charge in [-0.3, -0.25) is 0 Å². The van der Waals surface area contributed by atoms with Crippen LogP contribution in [0, 0.1) is 0 Å². The van der Waals surface area contributed by atoms with Crippen LogP contribution in [0.1, 0.15) is 27.2 Å². The Morgan fingerprint density at radius 3 is 2.50 bits per heavy atom. The Bertz CT molecular complexity index is 219. The molecule has 4 nitrogen and oxygen atoms in total. The van der Waals surface area contributed by atoms with E-state index in [-0.39, 0.29) is 12.1 Å². The highest BCUT2D eigenvalue weighted by molar-refractivity contribution is 5.85. The second-order valence-corrected chi connectivity index (χ2v) is 3.65. The normalized spacial score (nSPS) is 16.4. The van der Waals surface area contributed by atoms with E-state index in [1.165, 1.54) is 0 Å². The van der Waals surface area contributed by atoms with E-state index in [0.717, 1.165) is 6.42 Å². The van der Waals surface area contributed by atoms with Crippen molar-refractivity contribution in [3.63, 3.8) is 0 Å². The third-order valence-electron chi connectivity index (χ3n) is 2.40. The van der Waals surface area contributed by atoms with Gasteiger partial charge in [-0.2, -0.15) is 0 Å². The summed E-state index contributed by atoms with van der Waals surface area (Å²) >= 11 is 0. The lowest BCUT2D eigenvalue weighted by Crippen LogP contribution is -2.45. The summed E-state index contributed by atoms with van der Waals surface area (Å²) < 4.78 is 0. The van der Waals surface area contributed by atoms with Crippen molar-refractivity contribution in [3.8, 4) is 0 Å². The number of rotatable bonds is 6. The van der Waals surface area contributed by atoms with Crippen molar-refractivity contribution in [1.29, 1.82) is 0 Å². The predicted octanol–water partition coefficient (Wildman–Crippen LogP) is 0.768. The van der Waals surface area contributed by atoms with Crippen LogP contribution >= 0.6 is 0 Å². The maximum atomic E-state index is 10.4. The lowest BCUT2D eigenvalue weighted by atomic mass is 10.0. The maximum Gasteiger partial charge on any atom is 0.330 e. The minimum atomic E-state index is -0.908. The van der Waals surface area contributed by atoms with Gasteiger partial charge in [-0.15, -0.1) is 0 Å². The van der Waals surface area contributed by atoms with Gasteiger partial charge in [0.2, 0.25) is 0 Å². The molecule has 1 atom stereocenters. The fourth-order valence-electron chi connectivity index (χ4n) is 0.831. The molecule has 1 unspecified atom stereocenters. The zero-order valence-electron chi connectivity index (χ0n) is 9.00. The smallest absolute Gasteiger partial charge is 0.330 e. The van der Waals surface area contributed by atoms with Crippen molar-refractivity contribution < 1.29 is 15.0 Å². The fraction of sp³-hybridized carbons (Fsp3) is 0.700. The van der Waals surface area contributed by atoms with Gasteiger partial charge >= 0.3 is 5.97 Å². The van der Waals surface area contributed by atoms with Crippen LogP contribution in [0.2, 0.25) is 0 Å². The molecule has 3 N–H and O–H groups in total. The maximum absolute atomic E-state index is 10.4. The van der Waals surface area contributed by atoms with Gasteiger partial charge in [0.1, 0.15) is 0 Å². The largest absolute Gasteiger partial charge is 0.478 e. The molecule has 0 spiro atoms. The number of aliphatic carboxylic acids is 1. The van der Waals surface area contributed by atoms with Crippen LogP contribution in [0.3, 0.4) is 0 Å². The molecule has 0 saturated heterocycles. The van der Waals surface area contributed by atoms with Crippen molar-refractivity contribution in [1.82, 2.24) is 5.32 Å². The number of aliphatic hydroxyl groups excluding tert-OH is 1. The lowest BCUT2D eigenvalue weighted by molar-refractivity contribution is -0.132. The van der Waals surface area contributed by atoms with E-state index < -0.39 is 5.97 Å². The Labute approximate surface area is 84.6 Å². The quantitative estimate of drug-likeness (QED) is 0.555. The molecule has 0 bridgehead atoms. The molecular formula is C10H19NO3. The highest BCUT2D eigenvalue weighted by atomic mass is 16.4. The summed E-state index contributed by atoms with van der Waals surface area (Å²) in [6.07, 6.45) is 2.40. The second-order valence-electron chi connectivity index (χ2n) is 3.65. The number of nitrogens with one attached hydrogen (secondary N) is 1. The van der Waals surface area contributed by atoms with Gasteiger partial charge in [-0.1, -0.05) is 13.0 Å². The number of carboxylic acid groups (broad SMARTS) is 1. The van der Waals surface area contributed by atoms with Crippen molar-refractivity contribution in [2.24, 2.45) is 0 Å². The monoisotopic (exact) mass is 201 g/mol. The summed E-state index contributed by atoms with van der Waals surface area (Å²) in [6, 6.07) is 0. The highest BCUT2D eigenvalue weighted by Crippen LogP contribution is 2.06. The first-order chi connectivity index (χ1) is 6.45. The number of aliphatic hydroxyl groups is 1. The van der Waals surface area contributed by atoms with E-state index in [1.54, 1.807) is 13.0 Å². The highest BCUT2D eigenvalue weighted by Gasteiger charge is 2.18. The van der Waals surface area contributed by atoms with Gasteiger partial charge in [-0.25, -0.2) is 4.79 Å². The Kier molecular flexibility index (Phi) is 5.42. The van der Waals surface area contributed by atoms with Gasteiger partial charge in [-0.05, 0) is 20.3 Å². The Balaban J connectivity index is 4.06. The van der Waals surface area contributed by atoms with Crippen molar-refractivity contribution in [3.05, 3.63) is 11.6 Å². The topological polar surface area (TPSA) is 69.6 Å². The Hall–Kier alpha value is -0.870. The van der Waals surface area contributed by atoms with E-state index in [9.17, 15) is 4.79 Å². The fourth-order valence-corrected chi connectivity index (χ4v) is 0.831.